The summed E-state index contributed by atoms with van der Waals surface area (Å²) in [7, 11) is 0. The van der Waals surface area contributed by atoms with Crippen molar-refractivity contribution in [3.05, 3.63) is 12.2 Å². The zero-order valence-electron chi connectivity index (χ0n) is 26.5. The van der Waals surface area contributed by atoms with Crippen LogP contribution in [-0.2, 0) is 28.4 Å². The number of hydrogen-bond acceptors (Lipinski definition) is 20. The Balaban J connectivity index is 1.52. The van der Waals surface area contributed by atoms with E-state index in [1.54, 1.807) is 12.2 Å². The summed E-state index contributed by atoms with van der Waals surface area (Å²) in [4.78, 5) is 0. The first kappa shape index (κ1) is 39.7. The highest BCUT2D eigenvalue weighted by atomic mass is 16.8. The summed E-state index contributed by atoms with van der Waals surface area (Å²) in [5.41, 5.74) is 24.5. The van der Waals surface area contributed by atoms with Crippen LogP contribution >= 0.6 is 0 Å². The molecule has 0 amide bonds. The van der Waals surface area contributed by atoms with Gasteiger partial charge in [-0.1, -0.05) is 12.2 Å². The van der Waals surface area contributed by atoms with Crippen molar-refractivity contribution >= 4 is 0 Å². The first-order valence-electron chi connectivity index (χ1n) is 16.2. The van der Waals surface area contributed by atoms with Gasteiger partial charge >= 0.3 is 0 Å². The first-order valence-corrected chi connectivity index (χ1v) is 16.2. The standard InChI is InChI=1S/C28H54N6O14/c29-6-16-20(40)21(41)18(32)27(44-16)47-24-17(10-37)45-28(22(24)42)48-25-19(39)15(34-7-11(38)9-36)5-14(31)23(25)46-26-13(30)2-1-12(43-26)8-33-3-4-35/h1-2,11-28,33-42H,3-10,29-32H2/t11?,12-,13+,14-,15+,16-,17+,18+,19-,20+,21+,22+,23+,24+,25+,26+,27+,28-/m0/s1. The van der Waals surface area contributed by atoms with Crippen LogP contribution in [0.25, 0.3) is 0 Å². The van der Waals surface area contributed by atoms with Gasteiger partial charge in [-0.25, -0.2) is 0 Å². The molecule has 280 valence electrons. The van der Waals surface area contributed by atoms with Gasteiger partial charge in [0.1, 0.15) is 48.8 Å². The number of ether oxygens (including phenoxy) is 6. The minimum Gasteiger partial charge on any atom is -0.395 e. The van der Waals surface area contributed by atoms with Crippen molar-refractivity contribution in [2.24, 2.45) is 22.9 Å². The van der Waals surface area contributed by atoms with Crippen LogP contribution in [0.4, 0.5) is 0 Å². The van der Waals surface area contributed by atoms with Gasteiger partial charge in [-0.3, -0.25) is 0 Å². The van der Waals surface area contributed by atoms with Crippen molar-refractivity contribution in [1.29, 1.82) is 0 Å². The average molecular weight is 699 g/mol. The predicted molar refractivity (Wildman–Crippen MR) is 163 cm³/mol. The molecule has 0 aromatic carbocycles. The molecule has 4 aliphatic rings. The average Bonchev–Trinajstić information content (AvgIpc) is 3.37. The number of aliphatic hydroxyl groups excluding tert-OH is 8. The third-order valence-electron chi connectivity index (χ3n) is 8.98. The normalized spacial score (nSPS) is 45.8. The highest BCUT2D eigenvalue weighted by Gasteiger charge is 2.54. The highest BCUT2D eigenvalue weighted by molar-refractivity contribution is 5.06. The number of nitrogens with two attached hydrogens (primary N) is 4. The number of rotatable bonds is 16. The van der Waals surface area contributed by atoms with E-state index in [0.717, 1.165) is 0 Å². The van der Waals surface area contributed by atoms with E-state index >= 15 is 0 Å². The second-order valence-electron chi connectivity index (χ2n) is 12.5. The molecule has 20 heteroatoms. The van der Waals surface area contributed by atoms with Gasteiger partial charge in [0.05, 0.1) is 50.2 Å². The molecule has 3 heterocycles. The Hall–Kier alpha value is -1.06. The first-order chi connectivity index (χ1) is 22.9. The van der Waals surface area contributed by atoms with Crippen LogP contribution in [-0.4, -0.2) is 197 Å². The Morgan fingerprint density at radius 2 is 1.48 bits per heavy atom. The maximum absolute atomic E-state index is 11.5. The van der Waals surface area contributed by atoms with Gasteiger partial charge in [-0.05, 0) is 6.42 Å². The monoisotopic (exact) mass is 698 g/mol. The summed E-state index contributed by atoms with van der Waals surface area (Å²) in [5.74, 6) is 0. The van der Waals surface area contributed by atoms with Crippen LogP contribution in [0.2, 0.25) is 0 Å². The van der Waals surface area contributed by atoms with E-state index in [2.05, 4.69) is 10.6 Å². The van der Waals surface area contributed by atoms with Gasteiger partial charge in [0, 0.05) is 38.3 Å². The molecule has 3 fully saturated rings. The molecular formula is C28H54N6O14. The second kappa shape index (κ2) is 18.4. The van der Waals surface area contributed by atoms with E-state index in [1.165, 1.54) is 0 Å². The van der Waals surface area contributed by atoms with Crippen LogP contribution in [0.5, 0.6) is 0 Å². The zero-order chi connectivity index (χ0) is 35.1. The lowest BCUT2D eigenvalue weighted by Crippen LogP contribution is -2.66. The van der Waals surface area contributed by atoms with Crippen molar-refractivity contribution in [3.63, 3.8) is 0 Å². The molecule has 0 spiro atoms. The van der Waals surface area contributed by atoms with E-state index in [4.69, 9.17) is 56.5 Å². The van der Waals surface area contributed by atoms with Gasteiger partial charge in [-0.15, -0.1) is 0 Å². The Morgan fingerprint density at radius 1 is 0.792 bits per heavy atom. The van der Waals surface area contributed by atoms with E-state index in [-0.39, 0.29) is 26.1 Å². The quantitative estimate of drug-likeness (QED) is 0.0525. The fourth-order valence-corrected chi connectivity index (χ4v) is 6.21. The van der Waals surface area contributed by atoms with Gasteiger partial charge in [0.15, 0.2) is 18.9 Å². The SMILES string of the molecule is NC[C@@H]1O[C@H](O[C@H]2[C@@H](O)[C@H](O[C@@H]3[C@@H](O)[C@H](NCC(O)CO)C[C@H](N)[C@H]3O[C@H]3O[C@H](CNCCO)C=C[C@H]3N)O[C@@H]2CO)[C@H](N)[C@@H](O)[C@@H]1O. The lowest BCUT2D eigenvalue weighted by atomic mass is 9.83. The molecule has 48 heavy (non-hydrogen) atoms. The van der Waals surface area contributed by atoms with Crippen molar-refractivity contribution in [3.8, 4) is 0 Å². The molecular weight excluding hydrogens is 644 g/mol. The van der Waals surface area contributed by atoms with Crippen molar-refractivity contribution < 1.29 is 69.3 Å². The summed E-state index contributed by atoms with van der Waals surface area (Å²) >= 11 is 0. The van der Waals surface area contributed by atoms with Crippen molar-refractivity contribution in [2.75, 3.05) is 46.0 Å². The number of aliphatic hydroxyl groups is 8. The lowest BCUT2D eigenvalue weighted by molar-refractivity contribution is -0.284. The molecule has 4 rings (SSSR count). The zero-order valence-corrected chi connectivity index (χ0v) is 26.5. The Labute approximate surface area is 277 Å². The summed E-state index contributed by atoms with van der Waals surface area (Å²) in [5, 5.41) is 87.8. The molecule has 2 saturated heterocycles. The smallest absolute Gasteiger partial charge is 0.187 e. The largest absolute Gasteiger partial charge is 0.395 e. The second-order valence-corrected chi connectivity index (χ2v) is 12.5. The lowest BCUT2D eigenvalue weighted by Gasteiger charge is -2.46. The molecule has 0 aromatic heterocycles. The summed E-state index contributed by atoms with van der Waals surface area (Å²) in [6.07, 6.45) is -13.7. The van der Waals surface area contributed by atoms with Gasteiger partial charge in [-0.2, -0.15) is 0 Å². The molecule has 0 aromatic rings. The predicted octanol–water partition coefficient (Wildman–Crippen LogP) is -8.45. The maximum Gasteiger partial charge on any atom is 0.187 e. The van der Waals surface area contributed by atoms with E-state index in [9.17, 15) is 35.7 Å². The molecule has 18 N–H and O–H groups in total. The summed E-state index contributed by atoms with van der Waals surface area (Å²) in [6.45, 7) is -0.777. The van der Waals surface area contributed by atoms with Crippen LogP contribution < -0.4 is 33.6 Å². The third kappa shape index (κ3) is 9.43. The molecule has 1 aliphatic carbocycles. The van der Waals surface area contributed by atoms with E-state index in [0.29, 0.717) is 13.1 Å². The molecule has 18 atom stereocenters. The topological polar surface area (TPSA) is 345 Å². The highest BCUT2D eigenvalue weighted by Crippen LogP contribution is 2.34. The van der Waals surface area contributed by atoms with Crippen LogP contribution in [0.1, 0.15) is 6.42 Å². The van der Waals surface area contributed by atoms with Gasteiger partial charge in [0.2, 0.25) is 0 Å². The summed E-state index contributed by atoms with van der Waals surface area (Å²) in [6, 6.07) is -3.56. The van der Waals surface area contributed by atoms with Crippen LogP contribution in [0, 0.1) is 0 Å². The van der Waals surface area contributed by atoms with Crippen molar-refractivity contribution in [1.82, 2.24) is 10.6 Å². The van der Waals surface area contributed by atoms with Gasteiger partial charge < -0.3 is 103 Å². The van der Waals surface area contributed by atoms with Crippen LogP contribution in [0.15, 0.2) is 12.2 Å². The third-order valence-corrected chi connectivity index (χ3v) is 8.98. The number of hydrogen-bond donors (Lipinski definition) is 14. The van der Waals surface area contributed by atoms with Crippen molar-refractivity contribution in [2.45, 2.75) is 117 Å². The van der Waals surface area contributed by atoms with E-state index < -0.39 is 123 Å². The van der Waals surface area contributed by atoms with Crippen LogP contribution in [0.3, 0.4) is 0 Å². The molecule has 0 radical (unpaired) electrons. The maximum atomic E-state index is 11.5. The summed E-state index contributed by atoms with van der Waals surface area (Å²) < 4.78 is 35.7. The molecule has 1 saturated carbocycles. The van der Waals surface area contributed by atoms with E-state index in [1.807, 2.05) is 0 Å². The fourth-order valence-electron chi connectivity index (χ4n) is 6.21. The Bertz CT molecular complexity index is 993. The minimum atomic E-state index is -1.61. The molecule has 20 nitrogen and oxygen atoms in total. The number of nitrogens with one attached hydrogen (secondary N) is 2. The fraction of sp³-hybridized carbons (Fsp3) is 0.929. The Kier molecular flexibility index (Phi) is 15.3. The minimum absolute atomic E-state index is 0.0633. The molecule has 0 bridgehead atoms. The molecule has 3 aliphatic heterocycles. The Morgan fingerprint density at radius 3 is 2.15 bits per heavy atom. The molecule has 1 unspecified atom stereocenters. The van der Waals surface area contributed by atoms with Gasteiger partial charge in [0.25, 0.3) is 0 Å².